The van der Waals surface area contributed by atoms with E-state index in [0.29, 0.717) is 5.75 Å². The molecule has 0 saturated carbocycles. The van der Waals surface area contributed by atoms with Crippen molar-refractivity contribution in [3.05, 3.63) is 102 Å². The minimum Gasteiger partial charge on any atom is -0.508 e. The number of hydrogen-bond donors (Lipinski definition) is 1. The van der Waals surface area contributed by atoms with Crippen LogP contribution < -0.4 is 0 Å². The lowest BCUT2D eigenvalue weighted by atomic mass is 10.1. The second kappa shape index (κ2) is 10.6. The number of nitrogens with zero attached hydrogens (tertiary/aromatic N) is 1. The molecule has 0 spiro atoms. The highest BCUT2D eigenvalue weighted by molar-refractivity contribution is 5.85. The van der Waals surface area contributed by atoms with Crippen LogP contribution in [0.25, 0.3) is 0 Å². The monoisotopic (exact) mass is 367 g/mol. The maximum absolute atomic E-state index is 9.65. The standard InChI is InChI=1S/C23H25NO.ClH/c25-23-13-7-12-21(18-23)15-17-24(19-22-10-5-2-6-11-22)16-14-20-8-3-1-4-9-20;/h1-13,18,25H,14-17,19H2;1H. The number of rotatable bonds is 8. The molecule has 3 aromatic rings. The summed E-state index contributed by atoms with van der Waals surface area (Å²) in [5.74, 6) is 0.344. The summed E-state index contributed by atoms with van der Waals surface area (Å²) in [5, 5.41) is 9.65. The van der Waals surface area contributed by atoms with Crippen molar-refractivity contribution in [3.8, 4) is 5.75 Å². The summed E-state index contributed by atoms with van der Waals surface area (Å²) in [7, 11) is 0. The molecule has 2 nitrogen and oxygen atoms in total. The van der Waals surface area contributed by atoms with Crippen molar-refractivity contribution in [2.75, 3.05) is 13.1 Å². The summed E-state index contributed by atoms with van der Waals surface area (Å²) in [6.07, 6.45) is 1.99. The Kier molecular flexibility index (Phi) is 8.20. The molecule has 3 rings (SSSR count). The van der Waals surface area contributed by atoms with Gasteiger partial charge in [-0.05, 0) is 41.7 Å². The van der Waals surface area contributed by atoms with Gasteiger partial charge in [0.1, 0.15) is 5.75 Å². The van der Waals surface area contributed by atoms with E-state index in [9.17, 15) is 5.11 Å². The van der Waals surface area contributed by atoms with Gasteiger partial charge in [0.2, 0.25) is 0 Å². The van der Waals surface area contributed by atoms with Crippen LogP contribution in [0.2, 0.25) is 0 Å². The molecule has 0 atom stereocenters. The van der Waals surface area contributed by atoms with Gasteiger partial charge in [-0.3, -0.25) is 4.90 Å². The molecule has 0 aliphatic carbocycles. The molecule has 3 heteroatoms. The molecule has 0 aliphatic heterocycles. The number of aromatic hydroxyl groups is 1. The molecule has 0 unspecified atom stereocenters. The molecule has 136 valence electrons. The Labute approximate surface area is 162 Å². The van der Waals surface area contributed by atoms with Crippen molar-refractivity contribution in [2.45, 2.75) is 19.4 Å². The fourth-order valence-corrected chi connectivity index (χ4v) is 3.04. The van der Waals surface area contributed by atoms with E-state index in [1.54, 1.807) is 6.07 Å². The van der Waals surface area contributed by atoms with Gasteiger partial charge in [-0.25, -0.2) is 0 Å². The van der Waals surface area contributed by atoms with Crippen LogP contribution in [0.5, 0.6) is 5.75 Å². The van der Waals surface area contributed by atoms with Crippen molar-refractivity contribution in [2.24, 2.45) is 0 Å². The maximum Gasteiger partial charge on any atom is 0.115 e. The summed E-state index contributed by atoms with van der Waals surface area (Å²) in [6.45, 7) is 2.95. The Morgan fingerprint density at radius 3 is 1.77 bits per heavy atom. The highest BCUT2D eigenvalue weighted by atomic mass is 35.5. The van der Waals surface area contributed by atoms with Gasteiger partial charge in [0.25, 0.3) is 0 Å². The molecule has 0 saturated heterocycles. The average molecular weight is 368 g/mol. The van der Waals surface area contributed by atoms with Gasteiger partial charge in [-0.1, -0.05) is 72.8 Å². The molecule has 3 aromatic carbocycles. The second-order valence-corrected chi connectivity index (χ2v) is 6.42. The van der Waals surface area contributed by atoms with Crippen LogP contribution in [-0.4, -0.2) is 23.1 Å². The Morgan fingerprint density at radius 1 is 0.615 bits per heavy atom. The van der Waals surface area contributed by atoms with E-state index in [1.165, 1.54) is 16.7 Å². The SMILES string of the molecule is Cl.Oc1cccc(CCN(CCc2ccccc2)Cc2ccccc2)c1. The third-order valence-corrected chi connectivity index (χ3v) is 4.44. The Morgan fingerprint density at radius 2 is 1.15 bits per heavy atom. The Balaban J connectivity index is 0.00000243. The zero-order valence-electron chi connectivity index (χ0n) is 14.9. The lowest BCUT2D eigenvalue weighted by Crippen LogP contribution is -2.28. The zero-order valence-corrected chi connectivity index (χ0v) is 15.7. The van der Waals surface area contributed by atoms with E-state index in [2.05, 4.69) is 71.6 Å². The summed E-state index contributed by atoms with van der Waals surface area (Å²) < 4.78 is 0. The molecule has 0 heterocycles. The molecule has 0 amide bonds. The average Bonchev–Trinajstić information content (AvgIpc) is 2.66. The molecule has 1 N–H and O–H groups in total. The number of phenolic OH excluding ortho intramolecular Hbond substituents is 1. The molecular weight excluding hydrogens is 342 g/mol. The highest BCUT2D eigenvalue weighted by Crippen LogP contribution is 2.13. The van der Waals surface area contributed by atoms with Gasteiger partial charge < -0.3 is 5.11 Å². The first-order valence-corrected chi connectivity index (χ1v) is 8.88. The first-order chi connectivity index (χ1) is 12.3. The fraction of sp³-hybridized carbons (Fsp3) is 0.217. The van der Waals surface area contributed by atoms with Gasteiger partial charge >= 0.3 is 0 Å². The first-order valence-electron chi connectivity index (χ1n) is 8.88. The Hall–Kier alpha value is -2.29. The van der Waals surface area contributed by atoms with Gasteiger partial charge in [0.15, 0.2) is 0 Å². The van der Waals surface area contributed by atoms with E-state index in [0.717, 1.165) is 32.5 Å². The van der Waals surface area contributed by atoms with E-state index in [4.69, 9.17) is 0 Å². The van der Waals surface area contributed by atoms with E-state index < -0.39 is 0 Å². The molecule has 26 heavy (non-hydrogen) atoms. The summed E-state index contributed by atoms with van der Waals surface area (Å²) in [5.41, 5.74) is 3.89. The Bertz CT molecular complexity index is 761. The predicted molar refractivity (Wildman–Crippen MR) is 111 cm³/mol. The lowest BCUT2D eigenvalue weighted by Gasteiger charge is -2.22. The maximum atomic E-state index is 9.65. The van der Waals surface area contributed by atoms with E-state index >= 15 is 0 Å². The van der Waals surface area contributed by atoms with Crippen molar-refractivity contribution in [1.29, 1.82) is 0 Å². The van der Waals surface area contributed by atoms with E-state index in [1.807, 2.05) is 12.1 Å². The van der Waals surface area contributed by atoms with Crippen LogP contribution in [0, 0.1) is 0 Å². The van der Waals surface area contributed by atoms with Gasteiger partial charge in [0, 0.05) is 19.6 Å². The molecule has 0 aliphatic rings. The third-order valence-electron chi connectivity index (χ3n) is 4.44. The van der Waals surface area contributed by atoms with Crippen molar-refractivity contribution in [1.82, 2.24) is 4.90 Å². The van der Waals surface area contributed by atoms with Crippen molar-refractivity contribution in [3.63, 3.8) is 0 Å². The first kappa shape index (κ1) is 20.0. The highest BCUT2D eigenvalue weighted by Gasteiger charge is 2.07. The molecule has 0 bridgehead atoms. The summed E-state index contributed by atoms with van der Waals surface area (Å²) in [6, 6.07) is 28.8. The smallest absolute Gasteiger partial charge is 0.115 e. The topological polar surface area (TPSA) is 23.5 Å². The van der Waals surface area contributed by atoms with Crippen LogP contribution in [-0.2, 0) is 19.4 Å². The predicted octanol–water partition coefficient (Wildman–Crippen LogP) is 5.10. The number of benzene rings is 3. The summed E-state index contributed by atoms with van der Waals surface area (Å²) >= 11 is 0. The van der Waals surface area contributed by atoms with Crippen LogP contribution in [0.3, 0.4) is 0 Å². The molecule has 0 radical (unpaired) electrons. The van der Waals surface area contributed by atoms with Gasteiger partial charge in [-0.15, -0.1) is 12.4 Å². The molecule has 0 fully saturated rings. The van der Waals surface area contributed by atoms with E-state index in [-0.39, 0.29) is 12.4 Å². The minimum absolute atomic E-state index is 0. The van der Waals surface area contributed by atoms with Crippen molar-refractivity contribution < 1.29 is 5.11 Å². The van der Waals surface area contributed by atoms with Crippen molar-refractivity contribution >= 4 is 12.4 Å². The number of halogens is 1. The third kappa shape index (κ3) is 6.55. The normalized spacial score (nSPS) is 10.5. The van der Waals surface area contributed by atoms with Crippen LogP contribution in [0.15, 0.2) is 84.9 Å². The molecular formula is C23H26ClNO. The largest absolute Gasteiger partial charge is 0.508 e. The summed E-state index contributed by atoms with van der Waals surface area (Å²) in [4.78, 5) is 2.49. The zero-order chi connectivity index (χ0) is 17.3. The van der Waals surface area contributed by atoms with Gasteiger partial charge in [-0.2, -0.15) is 0 Å². The number of hydrogen-bond acceptors (Lipinski definition) is 2. The molecule has 0 aromatic heterocycles. The number of phenols is 1. The van der Waals surface area contributed by atoms with Crippen LogP contribution >= 0.6 is 12.4 Å². The van der Waals surface area contributed by atoms with Gasteiger partial charge in [0.05, 0.1) is 0 Å². The lowest BCUT2D eigenvalue weighted by molar-refractivity contribution is 0.272. The second-order valence-electron chi connectivity index (χ2n) is 6.42. The minimum atomic E-state index is 0. The quantitative estimate of drug-likeness (QED) is 0.598. The van der Waals surface area contributed by atoms with Crippen LogP contribution in [0.1, 0.15) is 16.7 Å². The fourth-order valence-electron chi connectivity index (χ4n) is 3.04. The van der Waals surface area contributed by atoms with Crippen LogP contribution in [0.4, 0.5) is 0 Å².